The van der Waals surface area contributed by atoms with Crippen LogP contribution in [0.3, 0.4) is 0 Å². The van der Waals surface area contributed by atoms with Gasteiger partial charge in [-0.3, -0.25) is 14.5 Å². The number of nitrogens with one attached hydrogen (secondary N) is 1. The number of ether oxygens (including phenoxy) is 1. The van der Waals surface area contributed by atoms with Crippen molar-refractivity contribution in [3.8, 4) is 5.75 Å². The van der Waals surface area contributed by atoms with Gasteiger partial charge < -0.3 is 9.64 Å². The minimum absolute atomic E-state index is 0.0371. The second kappa shape index (κ2) is 14.3. The lowest BCUT2D eigenvalue weighted by Gasteiger charge is -2.44. The lowest BCUT2D eigenvalue weighted by molar-refractivity contribution is 0.0982. The number of hydrogen-bond acceptors (Lipinski definition) is 5. The third-order valence-electron chi connectivity index (χ3n) is 10.2. The van der Waals surface area contributed by atoms with Crippen LogP contribution in [-0.2, 0) is 17.4 Å². The van der Waals surface area contributed by atoms with Crippen LogP contribution in [0, 0.1) is 23.6 Å². The van der Waals surface area contributed by atoms with E-state index in [9.17, 15) is 9.00 Å². The number of nitrogens with zero attached hydrogens (tertiary/aromatic N) is 2. The number of carbonyl (C=O) groups excluding carboxylic acids is 1. The minimum atomic E-state index is -1.58. The highest BCUT2D eigenvalue weighted by molar-refractivity contribution is 7.84. The number of allylic oxidation sites excluding steroid dienone is 2. The Balaban J connectivity index is 1.41. The SMILES string of the molecule is CCCc1cc(Cl)ccc1C1COc2ccc3cc2N(C1)CC1CCC1C(c1ncccc1F)/C=C/CC(C)C(C)S(=O)NC3=O. The molecule has 46 heavy (non-hydrogen) atoms. The average molecular weight is 664 g/mol. The fourth-order valence-electron chi connectivity index (χ4n) is 7.20. The quantitative estimate of drug-likeness (QED) is 0.287. The van der Waals surface area contributed by atoms with Crippen LogP contribution in [0.2, 0.25) is 5.02 Å². The Morgan fingerprint density at radius 3 is 2.74 bits per heavy atom. The molecule has 2 bridgehead atoms. The van der Waals surface area contributed by atoms with Crippen LogP contribution in [0.25, 0.3) is 0 Å². The van der Waals surface area contributed by atoms with E-state index in [1.54, 1.807) is 18.3 Å². The molecule has 7 atom stereocenters. The van der Waals surface area contributed by atoms with Gasteiger partial charge in [-0.15, -0.1) is 0 Å². The summed E-state index contributed by atoms with van der Waals surface area (Å²) >= 11 is 6.43. The van der Waals surface area contributed by atoms with E-state index >= 15 is 4.39 Å². The van der Waals surface area contributed by atoms with Crippen LogP contribution in [0.5, 0.6) is 5.75 Å². The maximum absolute atomic E-state index is 15.3. The van der Waals surface area contributed by atoms with E-state index < -0.39 is 11.0 Å². The molecule has 0 saturated heterocycles. The Kier molecular flexibility index (Phi) is 10.1. The summed E-state index contributed by atoms with van der Waals surface area (Å²) in [6.45, 7) is 8.02. The predicted octanol–water partition coefficient (Wildman–Crippen LogP) is 8.00. The molecule has 3 aromatic rings. The van der Waals surface area contributed by atoms with E-state index in [1.165, 1.54) is 17.2 Å². The molecule has 1 fully saturated rings. The van der Waals surface area contributed by atoms with E-state index in [1.807, 2.05) is 32.0 Å². The summed E-state index contributed by atoms with van der Waals surface area (Å²) in [5.74, 6) is 0.513. The molecule has 0 spiro atoms. The van der Waals surface area contributed by atoms with Crippen molar-refractivity contribution >= 4 is 34.2 Å². The lowest BCUT2D eigenvalue weighted by Crippen LogP contribution is -2.42. The number of benzene rings is 2. The van der Waals surface area contributed by atoms with E-state index in [0.717, 1.165) is 48.7 Å². The number of fused-ring (bicyclic) bond motifs is 2. The highest BCUT2D eigenvalue weighted by Gasteiger charge is 2.40. The Labute approximate surface area is 279 Å². The molecular formula is C37H43ClFN3O3S. The van der Waals surface area contributed by atoms with Crippen LogP contribution in [-0.4, -0.2) is 40.0 Å². The van der Waals surface area contributed by atoms with Crippen molar-refractivity contribution in [2.45, 2.75) is 70.0 Å². The standard InChI is InChI=1S/C37H43ClFN3O3S/c1-4-7-25-18-29(38)13-15-30(25)28-21-42-20-27-11-14-31(27)32(36-33(39)10-6-17-40-36)9-5-8-23(2)24(3)46(44)41-37(43)26-12-16-35(45-22-28)34(42)19-26/h5-6,9-10,12-13,15-19,23-24,27-28,31-32H,4,7-8,11,14,20-22H2,1-3H3,(H,41,43)/b9-5+. The highest BCUT2D eigenvalue weighted by Crippen LogP contribution is 2.47. The zero-order valence-corrected chi connectivity index (χ0v) is 28.3. The first kappa shape index (κ1) is 32.7. The second-order valence-corrected chi connectivity index (χ2v) is 15.1. The van der Waals surface area contributed by atoms with Crippen molar-refractivity contribution in [2.24, 2.45) is 17.8 Å². The molecular weight excluding hydrogens is 621 g/mol. The summed E-state index contributed by atoms with van der Waals surface area (Å²) < 4.78 is 37.8. The summed E-state index contributed by atoms with van der Waals surface area (Å²) in [6.07, 6.45) is 10.5. The van der Waals surface area contributed by atoms with Crippen LogP contribution in [0.15, 0.2) is 66.9 Å². The molecule has 1 saturated carbocycles. The molecule has 9 heteroatoms. The molecule has 7 unspecified atom stereocenters. The summed E-state index contributed by atoms with van der Waals surface area (Å²) in [4.78, 5) is 20.3. The number of aromatic nitrogens is 1. The van der Waals surface area contributed by atoms with E-state index in [4.69, 9.17) is 16.3 Å². The normalized spacial score (nSPS) is 29.0. The molecule has 3 heterocycles. The molecule has 2 aromatic carbocycles. The lowest BCUT2D eigenvalue weighted by atomic mass is 9.65. The van der Waals surface area contributed by atoms with Crippen LogP contribution in [0.4, 0.5) is 10.1 Å². The minimum Gasteiger partial charge on any atom is -0.491 e. The fourth-order valence-corrected chi connectivity index (χ4v) is 8.41. The summed E-state index contributed by atoms with van der Waals surface area (Å²) in [7, 11) is -1.58. The number of anilines is 1. The number of hydrogen-bond donors (Lipinski definition) is 1. The Morgan fingerprint density at radius 2 is 1.98 bits per heavy atom. The van der Waals surface area contributed by atoms with Crippen LogP contribution in [0.1, 0.15) is 85.5 Å². The van der Waals surface area contributed by atoms with Gasteiger partial charge in [0.2, 0.25) is 0 Å². The molecule has 2 aliphatic heterocycles. The first-order valence-corrected chi connectivity index (χ1v) is 18.1. The van der Waals surface area contributed by atoms with Gasteiger partial charge in [0.25, 0.3) is 5.91 Å². The van der Waals surface area contributed by atoms with Crippen molar-refractivity contribution in [3.05, 3.63) is 100 Å². The Bertz CT molecular complexity index is 1630. The van der Waals surface area contributed by atoms with Crippen molar-refractivity contribution in [1.82, 2.24) is 9.71 Å². The van der Waals surface area contributed by atoms with Gasteiger partial charge >= 0.3 is 0 Å². The number of pyridine rings is 1. The van der Waals surface area contributed by atoms with Gasteiger partial charge in [0.05, 0.1) is 23.2 Å². The van der Waals surface area contributed by atoms with Gasteiger partial charge in [-0.05, 0) is 104 Å². The molecule has 0 radical (unpaired) electrons. The highest BCUT2D eigenvalue weighted by atomic mass is 35.5. The molecule has 1 amide bonds. The maximum Gasteiger partial charge on any atom is 0.263 e. The molecule has 244 valence electrons. The van der Waals surface area contributed by atoms with Gasteiger partial charge in [0.15, 0.2) is 0 Å². The van der Waals surface area contributed by atoms with E-state index in [-0.39, 0.29) is 46.6 Å². The topological polar surface area (TPSA) is 71.5 Å². The van der Waals surface area contributed by atoms with Crippen LogP contribution < -0.4 is 14.4 Å². The van der Waals surface area contributed by atoms with Gasteiger partial charge in [-0.25, -0.2) is 8.60 Å². The molecule has 1 aromatic heterocycles. The van der Waals surface area contributed by atoms with Crippen molar-refractivity contribution < 1.29 is 18.1 Å². The number of halogens is 2. The summed E-state index contributed by atoms with van der Waals surface area (Å²) in [5, 5.41) is 0.450. The largest absolute Gasteiger partial charge is 0.491 e. The molecule has 6 rings (SSSR count). The number of aryl methyl sites for hydroxylation is 1. The van der Waals surface area contributed by atoms with Crippen LogP contribution >= 0.6 is 11.6 Å². The summed E-state index contributed by atoms with van der Waals surface area (Å²) in [6, 6.07) is 14.8. The zero-order valence-electron chi connectivity index (χ0n) is 26.8. The van der Waals surface area contributed by atoms with Crippen molar-refractivity contribution in [3.63, 3.8) is 0 Å². The number of rotatable bonds is 4. The van der Waals surface area contributed by atoms with Gasteiger partial charge in [-0.2, -0.15) is 0 Å². The summed E-state index contributed by atoms with van der Waals surface area (Å²) in [5.41, 5.74) is 4.23. The Hall–Kier alpha value is -3.23. The third-order valence-corrected chi connectivity index (χ3v) is 11.9. The molecule has 3 aliphatic rings. The first-order valence-electron chi connectivity index (χ1n) is 16.5. The monoisotopic (exact) mass is 663 g/mol. The Morgan fingerprint density at radius 1 is 1.13 bits per heavy atom. The van der Waals surface area contributed by atoms with Gasteiger partial charge in [0.1, 0.15) is 22.6 Å². The predicted molar refractivity (Wildman–Crippen MR) is 183 cm³/mol. The van der Waals surface area contributed by atoms with Gasteiger partial charge in [-0.1, -0.05) is 50.1 Å². The smallest absolute Gasteiger partial charge is 0.263 e. The molecule has 1 N–H and O–H groups in total. The van der Waals surface area contributed by atoms with E-state index in [2.05, 4.69) is 45.8 Å². The van der Waals surface area contributed by atoms with Crippen molar-refractivity contribution in [2.75, 3.05) is 24.6 Å². The molecule has 1 aliphatic carbocycles. The van der Waals surface area contributed by atoms with Crippen molar-refractivity contribution in [1.29, 1.82) is 0 Å². The fraction of sp³-hybridized carbons (Fsp3) is 0.459. The van der Waals surface area contributed by atoms with E-state index in [0.29, 0.717) is 30.8 Å². The number of carbonyl (C=O) groups is 1. The second-order valence-electron chi connectivity index (χ2n) is 13.2. The first-order chi connectivity index (χ1) is 22.2. The molecule has 6 nitrogen and oxygen atoms in total. The number of amides is 1. The maximum atomic E-state index is 15.3. The average Bonchev–Trinajstić information content (AvgIpc) is 3.21. The zero-order chi connectivity index (χ0) is 32.4. The third kappa shape index (κ3) is 6.89. The van der Waals surface area contributed by atoms with Gasteiger partial charge in [0, 0.05) is 41.7 Å².